The number of carbonyl (C=O) groups excluding carboxylic acids is 1. The summed E-state index contributed by atoms with van der Waals surface area (Å²) in [7, 11) is -1.96. The van der Waals surface area contributed by atoms with Crippen LogP contribution in [0.5, 0.6) is 0 Å². The zero-order chi connectivity index (χ0) is 17.5. The number of hydrogen-bond donors (Lipinski definition) is 1. The fraction of sp³-hybridized carbons (Fsp3) is 0.467. The van der Waals surface area contributed by atoms with Gasteiger partial charge < -0.3 is 0 Å². The molecule has 0 aliphatic carbocycles. The molecule has 1 aliphatic heterocycles. The summed E-state index contributed by atoms with van der Waals surface area (Å²) < 4.78 is 29.5. The van der Waals surface area contributed by atoms with Crippen molar-refractivity contribution in [3.8, 4) is 0 Å². The molecule has 3 heterocycles. The van der Waals surface area contributed by atoms with Crippen molar-refractivity contribution in [2.75, 3.05) is 11.4 Å². The van der Waals surface area contributed by atoms with Crippen molar-refractivity contribution >= 4 is 33.1 Å². The first-order valence-corrected chi connectivity index (χ1v) is 9.98. The van der Waals surface area contributed by atoms with Crippen molar-refractivity contribution in [1.29, 1.82) is 0 Å². The number of amides is 1. The molecular formula is C15H20N4O3S2. The van der Waals surface area contributed by atoms with Crippen LogP contribution in [0.4, 0.5) is 5.82 Å². The standard InChI is InChI=1S/C15H20N4O3S2/c1-10-9-13(11(2)23-10)24(21,22)17-12-5-4-8-19(15(12)20)14-6-7-16-18(14)3/h6-7,9,12,17H,4-5,8H2,1-3H3/t12-/m1/s1. The first kappa shape index (κ1) is 17.1. The summed E-state index contributed by atoms with van der Waals surface area (Å²) in [6.07, 6.45) is 2.84. The number of thiophene rings is 1. The fourth-order valence-electron chi connectivity index (χ4n) is 2.97. The lowest BCUT2D eigenvalue weighted by Gasteiger charge is -2.32. The van der Waals surface area contributed by atoms with Crippen LogP contribution in [0, 0.1) is 13.8 Å². The molecule has 1 atom stereocenters. The average molecular weight is 368 g/mol. The zero-order valence-corrected chi connectivity index (χ0v) is 15.4. The number of aryl methyl sites for hydroxylation is 3. The quantitative estimate of drug-likeness (QED) is 0.888. The van der Waals surface area contributed by atoms with Gasteiger partial charge >= 0.3 is 0 Å². The van der Waals surface area contributed by atoms with E-state index < -0.39 is 16.1 Å². The first-order chi connectivity index (χ1) is 11.3. The van der Waals surface area contributed by atoms with Gasteiger partial charge in [0.1, 0.15) is 11.9 Å². The molecule has 0 spiro atoms. The molecule has 130 valence electrons. The Kier molecular flexibility index (Phi) is 4.50. The van der Waals surface area contributed by atoms with E-state index in [-0.39, 0.29) is 10.8 Å². The number of carbonyl (C=O) groups is 1. The third-order valence-electron chi connectivity index (χ3n) is 4.09. The van der Waals surface area contributed by atoms with E-state index in [1.807, 2.05) is 6.92 Å². The average Bonchev–Trinajstić information content (AvgIpc) is 3.07. The molecule has 24 heavy (non-hydrogen) atoms. The topological polar surface area (TPSA) is 84.3 Å². The lowest BCUT2D eigenvalue weighted by molar-refractivity contribution is -0.121. The van der Waals surface area contributed by atoms with Crippen LogP contribution < -0.4 is 9.62 Å². The van der Waals surface area contributed by atoms with Gasteiger partial charge in [-0.2, -0.15) is 9.82 Å². The molecule has 0 bridgehead atoms. The van der Waals surface area contributed by atoms with Crippen molar-refractivity contribution in [2.24, 2.45) is 7.05 Å². The van der Waals surface area contributed by atoms with Crippen molar-refractivity contribution in [3.05, 3.63) is 28.1 Å². The molecule has 0 aromatic carbocycles. The maximum atomic E-state index is 12.7. The van der Waals surface area contributed by atoms with E-state index in [0.29, 0.717) is 18.8 Å². The normalized spacial score (nSPS) is 19.0. The van der Waals surface area contributed by atoms with E-state index in [1.54, 1.807) is 41.9 Å². The van der Waals surface area contributed by atoms with Gasteiger partial charge in [0.15, 0.2) is 0 Å². The second-order valence-corrected chi connectivity index (χ2v) is 9.04. The van der Waals surface area contributed by atoms with Gasteiger partial charge in [0.2, 0.25) is 15.9 Å². The van der Waals surface area contributed by atoms with Crippen molar-refractivity contribution in [3.63, 3.8) is 0 Å². The molecule has 2 aromatic rings. The summed E-state index contributed by atoms with van der Waals surface area (Å²) >= 11 is 1.43. The van der Waals surface area contributed by atoms with Gasteiger partial charge in [-0.25, -0.2) is 8.42 Å². The van der Waals surface area contributed by atoms with E-state index >= 15 is 0 Å². The highest BCUT2D eigenvalue weighted by molar-refractivity contribution is 7.89. The third kappa shape index (κ3) is 3.11. The van der Waals surface area contributed by atoms with E-state index in [1.165, 1.54) is 11.3 Å². The molecule has 1 amide bonds. The van der Waals surface area contributed by atoms with Crippen LogP contribution >= 0.6 is 11.3 Å². The summed E-state index contributed by atoms with van der Waals surface area (Å²) in [5.41, 5.74) is 0. The maximum Gasteiger partial charge on any atom is 0.246 e. The predicted molar refractivity (Wildman–Crippen MR) is 92.7 cm³/mol. The van der Waals surface area contributed by atoms with Gasteiger partial charge in [-0.1, -0.05) is 0 Å². The lowest BCUT2D eigenvalue weighted by Crippen LogP contribution is -2.52. The van der Waals surface area contributed by atoms with Crippen molar-refractivity contribution < 1.29 is 13.2 Å². The summed E-state index contributed by atoms with van der Waals surface area (Å²) in [6, 6.07) is 2.65. The molecular weight excluding hydrogens is 348 g/mol. The number of nitrogens with zero attached hydrogens (tertiary/aromatic N) is 3. The minimum atomic E-state index is -3.71. The summed E-state index contributed by atoms with van der Waals surface area (Å²) in [5.74, 6) is 0.435. The highest BCUT2D eigenvalue weighted by Crippen LogP contribution is 2.26. The Hall–Kier alpha value is -1.71. The Morgan fingerprint density at radius 2 is 2.12 bits per heavy atom. The Labute approximate surface area is 145 Å². The molecule has 0 unspecified atom stereocenters. The van der Waals surface area contributed by atoms with Crippen LogP contribution in [0.1, 0.15) is 22.6 Å². The summed E-state index contributed by atoms with van der Waals surface area (Å²) in [5, 5.41) is 4.07. The van der Waals surface area contributed by atoms with Gasteiger partial charge in [0, 0.05) is 29.4 Å². The summed E-state index contributed by atoms with van der Waals surface area (Å²) in [4.78, 5) is 16.2. The highest BCUT2D eigenvalue weighted by atomic mass is 32.2. The van der Waals surface area contributed by atoms with Crippen LogP contribution in [0.3, 0.4) is 0 Å². The number of nitrogens with one attached hydrogen (secondary N) is 1. The number of piperidine rings is 1. The molecule has 2 aromatic heterocycles. The van der Waals surface area contributed by atoms with Gasteiger partial charge in [0.25, 0.3) is 0 Å². The van der Waals surface area contributed by atoms with E-state index in [9.17, 15) is 13.2 Å². The molecule has 0 radical (unpaired) electrons. The smallest absolute Gasteiger partial charge is 0.246 e. The van der Waals surface area contributed by atoms with Crippen LogP contribution in [0.15, 0.2) is 23.2 Å². The van der Waals surface area contributed by atoms with Crippen LogP contribution in [0.2, 0.25) is 0 Å². The number of rotatable bonds is 4. The number of hydrogen-bond acceptors (Lipinski definition) is 5. The Bertz CT molecular complexity index is 869. The van der Waals surface area contributed by atoms with Gasteiger partial charge in [0.05, 0.1) is 11.1 Å². The molecule has 7 nitrogen and oxygen atoms in total. The molecule has 9 heteroatoms. The molecule has 1 aliphatic rings. The predicted octanol–water partition coefficient (Wildman–Crippen LogP) is 1.57. The molecule has 1 N–H and O–H groups in total. The van der Waals surface area contributed by atoms with E-state index in [2.05, 4.69) is 9.82 Å². The molecule has 3 rings (SSSR count). The Morgan fingerprint density at radius 1 is 1.38 bits per heavy atom. The minimum absolute atomic E-state index is 0.238. The largest absolute Gasteiger partial charge is 0.296 e. The van der Waals surface area contributed by atoms with Gasteiger partial charge in [-0.3, -0.25) is 14.4 Å². The van der Waals surface area contributed by atoms with Crippen molar-refractivity contribution in [2.45, 2.75) is 37.6 Å². The van der Waals surface area contributed by atoms with Gasteiger partial charge in [-0.15, -0.1) is 11.3 Å². The van der Waals surface area contributed by atoms with Crippen molar-refractivity contribution in [1.82, 2.24) is 14.5 Å². The zero-order valence-electron chi connectivity index (χ0n) is 13.8. The van der Waals surface area contributed by atoms with Crippen LogP contribution in [-0.4, -0.2) is 36.7 Å². The maximum absolute atomic E-state index is 12.7. The van der Waals surface area contributed by atoms with E-state index in [4.69, 9.17) is 0 Å². The van der Waals surface area contributed by atoms with E-state index in [0.717, 1.165) is 16.2 Å². The SMILES string of the molecule is Cc1cc(S(=O)(=O)N[C@@H]2CCCN(c3ccnn3C)C2=O)c(C)s1. The minimum Gasteiger partial charge on any atom is -0.296 e. The second kappa shape index (κ2) is 6.30. The Morgan fingerprint density at radius 3 is 2.71 bits per heavy atom. The highest BCUT2D eigenvalue weighted by Gasteiger charge is 2.34. The third-order valence-corrected chi connectivity index (χ3v) is 6.79. The number of aromatic nitrogens is 2. The fourth-order valence-corrected chi connectivity index (χ4v) is 5.75. The van der Waals surface area contributed by atoms with Crippen LogP contribution in [0.25, 0.3) is 0 Å². The number of sulfonamides is 1. The monoisotopic (exact) mass is 368 g/mol. The van der Waals surface area contributed by atoms with Crippen LogP contribution in [-0.2, 0) is 21.9 Å². The molecule has 0 saturated carbocycles. The lowest BCUT2D eigenvalue weighted by atomic mass is 10.1. The first-order valence-electron chi connectivity index (χ1n) is 7.68. The number of anilines is 1. The second-order valence-electron chi connectivity index (χ2n) is 5.90. The molecule has 1 fully saturated rings. The Balaban J connectivity index is 1.83. The summed E-state index contributed by atoms with van der Waals surface area (Å²) in [6.45, 7) is 4.20. The molecule has 1 saturated heterocycles. The van der Waals surface area contributed by atoms with Gasteiger partial charge in [-0.05, 0) is 32.8 Å².